The van der Waals surface area contributed by atoms with Crippen LogP contribution in [0, 0.1) is 11.3 Å². The van der Waals surface area contributed by atoms with Crippen molar-refractivity contribution in [3.8, 4) is 6.07 Å². The van der Waals surface area contributed by atoms with Crippen LogP contribution >= 0.6 is 0 Å². The van der Waals surface area contributed by atoms with Crippen molar-refractivity contribution in [2.75, 3.05) is 32.1 Å². The zero-order valence-corrected chi connectivity index (χ0v) is 12.6. The third-order valence-corrected chi connectivity index (χ3v) is 4.34. The maximum absolute atomic E-state index is 9.41. The zero-order valence-electron chi connectivity index (χ0n) is 12.6. The van der Waals surface area contributed by atoms with Gasteiger partial charge in [-0.2, -0.15) is 5.26 Å². The van der Waals surface area contributed by atoms with Crippen molar-refractivity contribution in [1.82, 2.24) is 9.88 Å². The summed E-state index contributed by atoms with van der Waals surface area (Å²) in [4.78, 5) is 9.21. The van der Waals surface area contributed by atoms with Crippen LogP contribution in [0.25, 0.3) is 10.9 Å². The molecular formula is C17H20N4. The summed E-state index contributed by atoms with van der Waals surface area (Å²) in [6, 6.07) is 12.7. The minimum Gasteiger partial charge on any atom is -0.357 e. The number of hydrogen-bond acceptors (Lipinski definition) is 4. The Balaban J connectivity index is 1.93. The minimum atomic E-state index is 0.551. The fraction of sp³-hybridized carbons (Fsp3) is 0.412. The number of hydrogen-bond donors (Lipinski definition) is 0. The quantitative estimate of drug-likeness (QED) is 0.867. The predicted molar refractivity (Wildman–Crippen MR) is 85.4 cm³/mol. The van der Waals surface area contributed by atoms with E-state index in [4.69, 9.17) is 4.98 Å². The fourth-order valence-corrected chi connectivity index (χ4v) is 3.09. The Bertz CT molecular complexity index is 689. The second-order valence-electron chi connectivity index (χ2n) is 5.82. The van der Waals surface area contributed by atoms with Gasteiger partial charge in [0.2, 0.25) is 0 Å². The predicted octanol–water partition coefficient (Wildman–Crippen LogP) is 2.64. The van der Waals surface area contributed by atoms with E-state index in [1.54, 1.807) is 0 Å². The first-order valence-corrected chi connectivity index (χ1v) is 7.40. The summed E-state index contributed by atoms with van der Waals surface area (Å²) in [6.07, 6.45) is 2.47. The molecule has 0 aliphatic carbocycles. The Kier molecular flexibility index (Phi) is 3.76. The molecule has 0 saturated carbocycles. The molecule has 1 saturated heterocycles. The van der Waals surface area contributed by atoms with Crippen LogP contribution in [0.3, 0.4) is 0 Å². The molecule has 0 N–H and O–H groups in total. The summed E-state index contributed by atoms with van der Waals surface area (Å²) < 4.78 is 0. The van der Waals surface area contributed by atoms with E-state index in [2.05, 4.69) is 22.9 Å². The molecule has 1 atom stereocenters. The molecule has 1 aliphatic rings. The molecule has 4 nitrogen and oxygen atoms in total. The molecule has 2 heterocycles. The van der Waals surface area contributed by atoms with E-state index in [-0.39, 0.29) is 0 Å². The molecule has 0 bridgehead atoms. The van der Waals surface area contributed by atoms with Gasteiger partial charge in [0, 0.05) is 25.0 Å². The van der Waals surface area contributed by atoms with Gasteiger partial charge < -0.3 is 9.80 Å². The Hall–Kier alpha value is -2.12. The third-order valence-electron chi connectivity index (χ3n) is 4.34. The average Bonchev–Trinajstić information content (AvgIpc) is 2.91. The number of anilines is 1. The van der Waals surface area contributed by atoms with Gasteiger partial charge in [0.15, 0.2) is 0 Å². The van der Waals surface area contributed by atoms with Gasteiger partial charge in [-0.25, -0.2) is 4.98 Å². The highest BCUT2D eigenvalue weighted by Crippen LogP contribution is 2.24. The largest absolute Gasteiger partial charge is 0.357 e. The monoisotopic (exact) mass is 280 g/mol. The molecule has 3 rings (SSSR count). The van der Waals surface area contributed by atoms with Crippen LogP contribution < -0.4 is 4.90 Å². The zero-order chi connectivity index (χ0) is 14.8. The van der Waals surface area contributed by atoms with Crippen molar-refractivity contribution < 1.29 is 0 Å². The van der Waals surface area contributed by atoms with Gasteiger partial charge in [-0.05, 0) is 38.6 Å². The number of likely N-dealkylation sites (N-methyl/N-ethyl adjacent to an activating group) is 2. The van der Waals surface area contributed by atoms with Crippen molar-refractivity contribution in [1.29, 1.82) is 5.26 Å². The Morgan fingerprint density at radius 2 is 2.24 bits per heavy atom. The summed E-state index contributed by atoms with van der Waals surface area (Å²) in [5, 5.41) is 10.4. The van der Waals surface area contributed by atoms with Gasteiger partial charge in [-0.1, -0.05) is 18.2 Å². The highest BCUT2D eigenvalue weighted by atomic mass is 15.2. The smallest absolute Gasteiger partial charge is 0.147 e. The summed E-state index contributed by atoms with van der Waals surface area (Å²) in [5.41, 5.74) is 1.59. The number of fused-ring (bicyclic) bond motifs is 1. The van der Waals surface area contributed by atoms with Crippen LogP contribution in [-0.4, -0.2) is 43.1 Å². The van der Waals surface area contributed by atoms with Crippen LogP contribution in [0.2, 0.25) is 0 Å². The second kappa shape index (κ2) is 5.71. The Labute approximate surface area is 125 Å². The highest BCUT2D eigenvalue weighted by Gasteiger charge is 2.23. The van der Waals surface area contributed by atoms with E-state index in [1.807, 2.05) is 37.4 Å². The Morgan fingerprint density at radius 3 is 2.95 bits per heavy atom. The molecule has 1 fully saturated rings. The molecule has 1 unspecified atom stereocenters. The van der Waals surface area contributed by atoms with E-state index in [0.717, 1.165) is 29.8 Å². The third kappa shape index (κ3) is 2.70. The molecular weight excluding hydrogens is 260 g/mol. The van der Waals surface area contributed by atoms with Gasteiger partial charge in [-0.15, -0.1) is 0 Å². The van der Waals surface area contributed by atoms with Crippen LogP contribution in [0.15, 0.2) is 30.3 Å². The number of likely N-dealkylation sites (tertiary alicyclic amines) is 1. The highest BCUT2D eigenvalue weighted by molar-refractivity contribution is 5.83. The lowest BCUT2D eigenvalue weighted by Gasteiger charge is -2.27. The van der Waals surface area contributed by atoms with Gasteiger partial charge >= 0.3 is 0 Å². The van der Waals surface area contributed by atoms with Gasteiger partial charge in [0.1, 0.15) is 11.9 Å². The van der Waals surface area contributed by atoms with E-state index < -0.39 is 0 Å². The molecule has 1 aromatic carbocycles. The van der Waals surface area contributed by atoms with Crippen LogP contribution in [-0.2, 0) is 0 Å². The van der Waals surface area contributed by atoms with Crippen LogP contribution in [0.1, 0.15) is 18.4 Å². The van der Waals surface area contributed by atoms with Crippen molar-refractivity contribution in [2.24, 2.45) is 0 Å². The first kappa shape index (κ1) is 13.8. The number of aromatic nitrogens is 1. The van der Waals surface area contributed by atoms with Crippen molar-refractivity contribution >= 4 is 16.7 Å². The SMILES string of the molecule is CN(CC1CCCN1C)c1nc2ccccc2cc1C#N. The van der Waals surface area contributed by atoms with Crippen LogP contribution in [0.4, 0.5) is 5.82 Å². The maximum Gasteiger partial charge on any atom is 0.147 e. The average molecular weight is 280 g/mol. The molecule has 2 aromatic rings. The lowest BCUT2D eigenvalue weighted by molar-refractivity contribution is 0.314. The van der Waals surface area contributed by atoms with Crippen LogP contribution in [0.5, 0.6) is 0 Å². The summed E-state index contributed by atoms with van der Waals surface area (Å²) >= 11 is 0. The molecule has 0 radical (unpaired) electrons. The van der Waals surface area contributed by atoms with Gasteiger partial charge in [-0.3, -0.25) is 0 Å². The van der Waals surface area contributed by atoms with E-state index in [0.29, 0.717) is 11.6 Å². The number of nitrogens with zero attached hydrogens (tertiary/aromatic N) is 4. The van der Waals surface area contributed by atoms with Crippen molar-refractivity contribution in [3.63, 3.8) is 0 Å². The number of pyridine rings is 1. The summed E-state index contributed by atoms with van der Waals surface area (Å²) in [5.74, 6) is 0.788. The first-order valence-electron chi connectivity index (χ1n) is 7.40. The normalized spacial score (nSPS) is 18.8. The van der Waals surface area contributed by atoms with Crippen molar-refractivity contribution in [3.05, 3.63) is 35.9 Å². The molecule has 1 aromatic heterocycles. The van der Waals surface area contributed by atoms with Crippen molar-refractivity contribution in [2.45, 2.75) is 18.9 Å². The van der Waals surface area contributed by atoms with Gasteiger partial charge in [0.05, 0.1) is 11.1 Å². The molecule has 0 spiro atoms. The first-order chi connectivity index (χ1) is 10.2. The number of para-hydroxylation sites is 1. The lowest BCUT2D eigenvalue weighted by atomic mass is 10.1. The molecule has 21 heavy (non-hydrogen) atoms. The maximum atomic E-state index is 9.41. The van der Waals surface area contributed by atoms with E-state index in [9.17, 15) is 5.26 Å². The molecule has 0 amide bonds. The molecule has 108 valence electrons. The van der Waals surface area contributed by atoms with E-state index >= 15 is 0 Å². The van der Waals surface area contributed by atoms with Gasteiger partial charge in [0.25, 0.3) is 0 Å². The minimum absolute atomic E-state index is 0.551. The topological polar surface area (TPSA) is 43.2 Å². The second-order valence-corrected chi connectivity index (χ2v) is 5.82. The number of nitriles is 1. The molecule has 4 heteroatoms. The fourth-order valence-electron chi connectivity index (χ4n) is 3.09. The summed E-state index contributed by atoms with van der Waals surface area (Å²) in [7, 11) is 4.20. The van der Waals surface area contributed by atoms with E-state index in [1.165, 1.54) is 12.8 Å². The number of rotatable bonds is 3. The standard InChI is InChI=1S/C17H20N4/c1-20-9-5-7-15(20)12-21(2)17-14(11-18)10-13-6-3-4-8-16(13)19-17/h3-4,6,8,10,15H,5,7,9,12H2,1-2H3. The lowest BCUT2D eigenvalue weighted by Crippen LogP contribution is -2.37. The summed E-state index contributed by atoms with van der Waals surface area (Å²) in [6.45, 7) is 2.07. The number of benzene rings is 1. The Morgan fingerprint density at radius 1 is 1.43 bits per heavy atom. The molecule has 1 aliphatic heterocycles.